The van der Waals surface area contributed by atoms with Crippen LogP contribution in [0.5, 0.6) is 0 Å². The van der Waals surface area contributed by atoms with Crippen LogP contribution in [0.15, 0.2) is 89.9 Å². The van der Waals surface area contributed by atoms with Crippen LogP contribution in [0, 0.1) is 0 Å². The van der Waals surface area contributed by atoms with E-state index in [9.17, 15) is 9.59 Å². The molecule has 33 heavy (non-hydrogen) atoms. The summed E-state index contributed by atoms with van der Waals surface area (Å²) in [4.78, 5) is 33.2. The number of para-hydroxylation sites is 1. The van der Waals surface area contributed by atoms with E-state index in [1.165, 1.54) is 12.5 Å². The lowest BCUT2D eigenvalue weighted by Gasteiger charge is -2.30. The fourth-order valence-electron chi connectivity index (χ4n) is 4.14. The van der Waals surface area contributed by atoms with E-state index >= 15 is 0 Å². The highest BCUT2D eigenvalue weighted by Crippen LogP contribution is 2.31. The second kappa shape index (κ2) is 9.48. The predicted octanol–water partition coefficient (Wildman–Crippen LogP) is 3.07. The molecule has 3 aromatic rings. The summed E-state index contributed by atoms with van der Waals surface area (Å²) in [5, 5.41) is 0. The average molecular weight is 441 g/mol. The Hall–Kier alpha value is -3.61. The van der Waals surface area contributed by atoms with Crippen LogP contribution in [0.25, 0.3) is 0 Å². The van der Waals surface area contributed by atoms with Gasteiger partial charge in [0, 0.05) is 17.7 Å². The van der Waals surface area contributed by atoms with Crippen molar-refractivity contribution in [2.45, 2.75) is 31.5 Å². The van der Waals surface area contributed by atoms with Gasteiger partial charge in [0.15, 0.2) is 0 Å². The minimum atomic E-state index is -2.11. The predicted molar refractivity (Wildman–Crippen MR) is 131 cm³/mol. The Morgan fingerprint density at radius 3 is 2.24 bits per heavy atom. The van der Waals surface area contributed by atoms with E-state index in [4.69, 9.17) is 11.5 Å². The quantitative estimate of drug-likeness (QED) is 0.551. The number of rotatable bonds is 7. The van der Waals surface area contributed by atoms with Crippen LogP contribution in [0.3, 0.4) is 0 Å². The molecule has 0 saturated heterocycles. The fraction of sp³-hybridized carbons (Fsp3) is 0.222. The van der Waals surface area contributed by atoms with Crippen molar-refractivity contribution in [2.75, 3.05) is 11.4 Å². The first-order valence-corrected chi connectivity index (χ1v) is 11.1. The lowest BCUT2D eigenvalue weighted by atomic mass is 9.98. The lowest BCUT2D eigenvalue weighted by Crippen LogP contribution is -2.63. The Morgan fingerprint density at radius 1 is 0.970 bits per heavy atom. The van der Waals surface area contributed by atoms with Gasteiger partial charge in [-0.2, -0.15) is 0 Å². The van der Waals surface area contributed by atoms with Crippen LogP contribution in [0.2, 0.25) is 0 Å². The molecule has 0 aliphatic carbocycles. The van der Waals surface area contributed by atoms with Crippen molar-refractivity contribution < 1.29 is 9.59 Å². The zero-order chi connectivity index (χ0) is 23.4. The highest BCUT2D eigenvalue weighted by molar-refractivity contribution is 6.26. The molecule has 1 heterocycles. The van der Waals surface area contributed by atoms with Crippen molar-refractivity contribution in [3.05, 3.63) is 102 Å². The molecule has 0 radical (unpaired) electrons. The molecular weight excluding hydrogens is 412 g/mol. The monoisotopic (exact) mass is 440 g/mol. The summed E-state index contributed by atoms with van der Waals surface area (Å²) >= 11 is 0. The lowest BCUT2D eigenvalue weighted by molar-refractivity contribution is -0.134. The molecule has 0 fully saturated rings. The molecule has 1 aliphatic rings. The van der Waals surface area contributed by atoms with E-state index in [1.54, 1.807) is 4.90 Å². The third-order valence-electron chi connectivity index (χ3n) is 5.84. The van der Waals surface area contributed by atoms with E-state index in [-0.39, 0.29) is 0 Å². The Labute approximate surface area is 193 Å². The Bertz CT molecular complexity index is 1170. The minimum Gasteiger partial charge on any atom is -0.322 e. The van der Waals surface area contributed by atoms with Crippen molar-refractivity contribution in [1.29, 1.82) is 0 Å². The number of anilines is 1. The van der Waals surface area contributed by atoms with Gasteiger partial charge in [0.2, 0.25) is 11.4 Å². The summed E-state index contributed by atoms with van der Waals surface area (Å²) in [7, 11) is 0. The van der Waals surface area contributed by atoms with Crippen LogP contribution in [0.4, 0.5) is 5.69 Å². The first kappa shape index (κ1) is 22.6. The molecule has 1 aliphatic heterocycles. The van der Waals surface area contributed by atoms with Gasteiger partial charge in [-0.05, 0) is 31.4 Å². The molecular formula is C27H28N4O2. The van der Waals surface area contributed by atoms with Gasteiger partial charge in [-0.25, -0.2) is 4.99 Å². The SMILES string of the molecule is C[C@H](N)C(=O)C1(N)N=C(c2ccccc2)c2ccccc2N(CCCc2ccccc2)C1=O. The number of benzene rings is 3. The summed E-state index contributed by atoms with van der Waals surface area (Å²) in [5.41, 5.74) is 14.2. The number of hydrogen-bond donors (Lipinski definition) is 2. The Morgan fingerprint density at radius 2 is 1.58 bits per heavy atom. The number of nitrogens with two attached hydrogens (primary N) is 2. The molecule has 4 rings (SSSR count). The van der Waals surface area contributed by atoms with Crippen molar-refractivity contribution in [3.63, 3.8) is 0 Å². The number of nitrogens with zero attached hydrogens (tertiary/aromatic N) is 2. The molecule has 6 nitrogen and oxygen atoms in total. The molecule has 0 bridgehead atoms. The number of Topliss-reactive ketones (excluding diaryl/α,β-unsaturated/α-hetero) is 1. The number of ketones is 1. The van der Waals surface area contributed by atoms with Gasteiger partial charge in [-0.1, -0.05) is 78.9 Å². The van der Waals surface area contributed by atoms with Gasteiger partial charge >= 0.3 is 0 Å². The largest absolute Gasteiger partial charge is 0.322 e. The molecule has 1 unspecified atom stereocenters. The number of carbonyl (C=O) groups is 2. The first-order chi connectivity index (χ1) is 15.9. The van der Waals surface area contributed by atoms with Crippen LogP contribution in [-0.2, 0) is 16.0 Å². The molecule has 168 valence electrons. The summed E-state index contributed by atoms with van der Waals surface area (Å²) in [6.07, 6.45) is 1.49. The number of carbonyl (C=O) groups excluding carboxylic acids is 2. The zero-order valence-electron chi connectivity index (χ0n) is 18.6. The van der Waals surface area contributed by atoms with Crippen LogP contribution in [0.1, 0.15) is 30.0 Å². The van der Waals surface area contributed by atoms with E-state index in [0.717, 1.165) is 17.5 Å². The first-order valence-electron chi connectivity index (χ1n) is 11.1. The number of benzodiazepines with no additional fused rings is 1. The van der Waals surface area contributed by atoms with E-state index in [1.807, 2.05) is 72.8 Å². The van der Waals surface area contributed by atoms with E-state index in [0.29, 0.717) is 24.4 Å². The normalized spacial score (nSPS) is 18.8. The number of aryl methyl sites for hydroxylation is 1. The van der Waals surface area contributed by atoms with Gasteiger partial charge in [0.05, 0.1) is 17.4 Å². The second-order valence-electron chi connectivity index (χ2n) is 8.31. The maximum absolute atomic E-state index is 13.8. The molecule has 0 saturated carbocycles. The number of fused-ring (bicyclic) bond motifs is 1. The van der Waals surface area contributed by atoms with Crippen LogP contribution < -0.4 is 16.4 Å². The number of aliphatic imine (C=N–C) groups is 1. The van der Waals surface area contributed by atoms with Gasteiger partial charge < -0.3 is 10.6 Å². The van der Waals surface area contributed by atoms with Crippen molar-refractivity contribution in [1.82, 2.24) is 0 Å². The number of hydrogen-bond acceptors (Lipinski definition) is 5. The van der Waals surface area contributed by atoms with Gasteiger partial charge in [-0.3, -0.25) is 15.3 Å². The molecule has 4 N–H and O–H groups in total. The van der Waals surface area contributed by atoms with Gasteiger partial charge in [-0.15, -0.1) is 0 Å². The zero-order valence-corrected chi connectivity index (χ0v) is 18.6. The van der Waals surface area contributed by atoms with E-state index in [2.05, 4.69) is 17.1 Å². The van der Waals surface area contributed by atoms with Gasteiger partial charge in [0.25, 0.3) is 5.91 Å². The topological polar surface area (TPSA) is 102 Å². The smallest absolute Gasteiger partial charge is 0.277 e. The van der Waals surface area contributed by atoms with E-state index < -0.39 is 23.4 Å². The van der Waals surface area contributed by atoms with Crippen molar-refractivity contribution in [3.8, 4) is 0 Å². The molecule has 2 atom stereocenters. The molecule has 0 aromatic heterocycles. The summed E-state index contributed by atoms with van der Waals surface area (Å²) in [6.45, 7) is 1.92. The highest BCUT2D eigenvalue weighted by atomic mass is 16.2. The third-order valence-corrected chi connectivity index (χ3v) is 5.84. The van der Waals surface area contributed by atoms with Crippen molar-refractivity contribution >= 4 is 23.1 Å². The minimum absolute atomic E-state index is 0.396. The van der Waals surface area contributed by atoms with Crippen LogP contribution >= 0.6 is 0 Å². The fourth-order valence-corrected chi connectivity index (χ4v) is 4.14. The maximum Gasteiger partial charge on any atom is 0.277 e. The highest BCUT2D eigenvalue weighted by Gasteiger charge is 2.48. The molecule has 0 spiro atoms. The van der Waals surface area contributed by atoms with Crippen molar-refractivity contribution in [2.24, 2.45) is 16.5 Å². The molecule has 1 amide bonds. The van der Waals surface area contributed by atoms with Gasteiger partial charge in [0.1, 0.15) is 0 Å². The Kier molecular flexibility index (Phi) is 6.49. The summed E-state index contributed by atoms with van der Waals surface area (Å²) in [5.74, 6) is -1.17. The van der Waals surface area contributed by atoms with Crippen LogP contribution in [-0.4, -0.2) is 35.7 Å². The third kappa shape index (κ3) is 4.49. The second-order valence-corrected chi connectivity index (χ2v) is 8.31. The standard InChI is InChI=1S/C27H28N4O2/c1-19(28)25(32)27(29)26(33)31(18-10-13-20-11-4-2-5-12-20)23-17-9-8-16-22(23)24(30-27)21-14-6-3-7-15-21/h2-9,11-12,14-17,19H,10,13,18,28-29H2,1H3/t19-,27?/m0/s1. The summed E-state index contributed by atoms with van der Waals surface area (Å²) < 4.78 is 0. The summed E-state index contributed by atoms with van der Waals surface area (Å²) in [6, 6.07) is 26.1. The average Bonchev–Trinajstić information content (AvgIpc) is 2.94. The Balaban J connectivity index is 1.80. The number of amides is 1. The molecule has 3 aromatic carbocycles. The maximum atomic E-state index is 13.8. The molecule has 6 heteroatoms.